The number of nitrogens with one attached hydrogen (secondary N) is 1. The highest BCUT2D eigenvalue weighted by Gasteiger charge is 2.26. The van der Waals surface area contributed by atoms with Crippen LogP contribution < -0.4 is 5.69 Å². The third-order valence-corrected chi connectivity index (χ3v) is 3.69. The van der Waals surface area contributed by atoms with Gasteiger partial charge in [-0.25, -0.2) is 9.89 Å². The van der Waals surface area contributed by atoms with Crippen LogP contribution in [-0.4, -0.2) is 14.8 Å². The van der Waals surface area contributed by atoms with Gasteiger partial charge in [-0.15, -0.1) is 0 Å². The van der Waals surface area contributed by atoms with Gasteiger partial charge in [0.1, 0.15) is 5.82 Å². The summed E-state index contributed by atoms with van der Waals surface area (Å²) >= 11 is 0. The van der Waals surface area contributed by atoms with Crippen molar-refractivity contribution in [3.8, 4) is 0 Å². The van der Waals surface area contributed by atoms with Gasteiger partial charge in [-0.1, -0.05) is 12.8 Å². The molecule has 4 nitrogen and oxygen atoms in total. The van der Waals surface area contributed by atoms with Gasteiger partial charge in [-0.05, 0) is 31.6 Å². The lowest BCUT2D eigenvalue weighted by Gasteiger charge is -2.23. The number of aromatic nitrogens is 3. The lowest BCUT2D eigenvalue weighted by molar-refractivity contribution is 0.353. The van der Waals surface area contributed by atoms with E-state index in [1.54, 1.807) is 0 Å². The summed E-state index contributed by atoms with van der Waals surface area (Å²) in [5.41, 5.74) is -0.00880. The van der Waals surface area contributed by atoms with Gasteiger partial charge in [-0.3, -0.25) is 4.57 Å². The summed E-state index contributed by atoms with van der Waals surface area (Å²) in [7, 11) is 0. The van der Waals surface area contributed by atoms with Crippen LogP contribution in [0.25, 0.3) is 0 Å². The molecule has 0 aromatic carbocycles. The highest BCUT2D eigenvalue weighted by atomic mass is 16.1. The monoisotopic (exact) mass is 207 g/mol. The Labute approximate surface area is 88.7 Å². The molecule has 1 aliphatic carbocycles. The van der Waals surface area contributed by atoms with Gasteiger partial charge >= 0.3 is 5.69 Å². The summed E-state index contributed by atoms with van der Waals surface area (Å²) < 4.78 is 1.89. The highest BCUT2D eigenvalue weighted by Crippen LogP contribution is 2.37. The zero-order valence-corrected chi connectivity index (χ0v) is 8.91. The molecular weight excluding hydrogens is 190 g/mol. The lowest BCUT2D eigenvalue weighted by Crippen LogP contribution is -2.27. The largest absolute Gasteiger partial charge is 0.343 e. The van der Waals surface area contributed by atoms with E-state index >= 15 is 0 Å². The first-order valence-corrected chi connectivity index (χ1v) is 6.00. The minimum absolute atomic E-state index is 0.00880. The van der Waals surface area contributed by atoms with Crippen LogP contribution in [0.2, 0.25) is 0 Å². The van der Waals surface area contributed by atoms with Crippen molar-refractivity contribution < 1.29 is 0 Å². The van der Waals surface area contributed by atoms with Crippen LogP contribution >= 0.6 is 0 Å². The van der Waals surface area contributed by atoms with Gasteiger partial charge in [0.15, 0.2) is 0 Å². The van der Waals surface area contributed by atoms with Crippen molar-refractivity contribution in [1.82, 2.24) is 14.8 Å². The molecule has 1 aliphatic heterocycles. The van der Waals surface area contributed by atoms with Crippen LogP contribution in [0.3, 0.4) is 0 Å². The van der Waals surface area contributed by atoms with E-state index in [1.807, 2.05) is 4.57 Å². The van der Waals surface area contributed by atoms with Crippen LogP contribution in [0.15, 0.2) is 4.79 Å². The molecule has 0 amide bonds. The minimum atomic E-state index is -0.00880. The maximum absolute atomic E-state index is 11.6. The summed E-state index contributed by atoms with van der Waals surface area (Å²) in [6.07, 6.45) is 8.55. The number of rotatable bonds is 3. The van der Waals surface area contributed by atoms with E-state index in [0.29, 0.717) is 6.04 Å². The molecule has 1 atom stereocenters. The summed E-state index contributed by atoms with van der Waals surface area (Å²) in [5, 5.41) is 6.64. The van der Waals surface area contributed by atoms with Gasteiger partial charge < -0.3 is 0 Å². The Kier molecular flexibility index (Phi) is 2.15. The van der Waals surface area contributed by atoms with Gasteiger partial charge in [0.05, 0.1) is 0 Å². The van der Waals surface area contributed by atoms with Gasteiger partial charge in [0.25, 0.3) is 0 Å². The number of H-pyrrole nitrogens is 1. The molecule has 15 heavy (non-hydrogen) atoms. The molecule has 1 unspecified atom stereocenters. The molecule has 4 heteroatoms. The Bertz CT molecular complexity index is 402. The molecule has 1 aromatic heterocycles. The second-order valence-corrected chi connectivity index (χ2v) is 4.88. The average Bonchev–Trinajstić information content (AvgIpc) is 3.00. The van der Waals surface area contributed by atoms with Crippen LogP contribution in [-0.2, 0) is 6.42 Å². The molecule has 0 bridgehead atoms. The maximum atomic E-state index is 11.6. The van der Waals surface area contributed by atoms with Crippen molar-refractivity contribution in [3.63, 3.8) is 0 Å². The molecule has 1 N–H and O–H groups in total. The summed E-state index contributed by atoms with van der Waals surface area (Å²) in [6.45, 7) is 0. The van der Waals surface area contributed by atoms with Crippen molar-refractivity contribution in [2.45, 2.75) is 51.0 Å². The van der Waals surface area contributed by atoms with E-state index in [0.717, 1.165) is 31.0 Å². The first-order valence-electron chi connectivity index (χ1n) is 6.00. The van der Waals surface area contributed by atoms with Gasteiger partial charge in [0, 0.05) is 12.5 Å². The molecule has 1 fully saturated rings. The highest BCUT2D eigenvalue weighted by molar-refractivity contribution is 4.94. The molecule has 0 saturated heterocycles. The number of aromatic amines is 1. The molecule has 82 valence electrons. The molecule has 2 heterocycles. The summed E-state index contributed by atoms with van der Waals surface area (Å²) in [4.78, 5) is 11.6. The predicted octanol–water partition coefficient (Wildman–Crippen LogP) is 1.64. The van der Waals surface area contributed by atoms with Crippen LogP contribution in [0.5, 0.6) is 0 Å². The number of nitrogens with zero attached hydrogens (tertiary/aromatic N) is 2. The number of hydrogen-bond acceptors (Lipinski definition) is 2. The van der Waals surface area contributed by atoms with E-state index in [4.69, 9.17) is 0 Å². The third kappa shape index (κ3) is 1.73. The Morgan fingerprint density at radius 2 is 2.20 bits per heavy atom. The van der Waals surface area contributed by atoms with E-state index < -0.39 is 0 Å². The fraction of sp³-hybridized carbons (Fsp3) is 0.818. The SMILES string of the molecule is O=c1[nH]nc2n1C(CCC1CC1)CCC2. The Balaban J connectivity index is 1.78. The molecular formula is C11H17N3O. The number of aryl methyl sites for hydroxylation is 1. The zero-order valence-electron chi connectivity index (χ0n) is 8.91. The smallest absolute Gasteiger partial charge is 0.276 e. The van der Waals surface area contributed by atoms with E-state index in [2.05, 4.69) is 10.2 Å². The van der Waals surface area contributed by atoms with Crippen molar-refractivity contribution in [1.29, 1.82) is 0 Å². The second kappa shape index (κ2) is 3.51. The third-order valence-electron chi connectivity index (χ3n) is 3.69. The Hall–Kier alpha value is -1.06. The summed E-state index contributed by atoms with van der Waals surface area (Å²) in [5.74, 6) is 1.92. The standard InChI is InChI=1S/C11H17N3O/c15-11-13-12-10-3-1-2-9(14(10)11)7-6-8-4-5-8/h8-9H,1-7H2,(H,13,15). The maximum Gasteiger partial charge on any atom is 0.343 e. The fourth-order valence-corrected chi connectivity index (χ4v) is 2.62. The number of fused-ring (bicyclic) bond motifs is 1. The minimum Gasteiger partial charge on any atom is -0.276 e. The predicted molar refractivity (Wildman–Crippen MR) is 56.8 cm³/mol. The van der Waals surface area contributed by atoms with E-state index in [-0.39, 0.29) is 5.69 Å². The number of hydrogen-bond donors (Lipinski definition) is 1. The Morgan fingerprint density at radius 3 is 3.00 bits per heavy atom. The second-order valence-electron chi connectivity index (χ2n) is 4.88. The molecule has 1 saturated carbocycles. The quantitative estimate of drug-likeness (QED) is 0.819. The zero-order chi connectivity index (χ0) is 10.3. The van der Waals surface area contributed by atoms with Crippen molar-refractivity contribution in [3.05, 3.63) is 16.3 Å². The fourth-order valence-electron chi connectivity index (χ4n) is 2.62. The topological polar surface area (TPSA) is 50.7 Å². The van der Waals surface area contributed by atoms with Crippen molar-refractivity contribution in [2.75, 3.05) is 0 Å². The Morgan fingerprint density at radius 1 is 1.33 bits per heavy atom. The van der Waals surface area contributed by atoms with Crippen LogP contribution in [0.4, 0.5) is 0 Å². The molecule has 0 spiro atoms. The molecule has 1 aromatic rings. The van der Waals surface area contributed by atoms with Crippen LogP contribution in [0.1, 0.15) is 50.4 Å². The van der Waals surface area contributed by atoms with E-state index in [1.165, 1.54) is 25.7 Å². The molecule has 0 radical (unpaired) electrons. The van der Waals surface area contributed by atoms with Gasteiger partial charge in [-0.2, -0.15) is 5.10 Å². The van der Waals surface area contributed by atoms with Gasteiger partial charge in [0.2, 0.25) is 0 Å². The van der Waals surface area contributed by atoms with Crippen molar-refractivity contribution in [2.24, 2.45) is 5.92 Å². The first-order chi connectivity index (χ1) is 7.34. The average molecular weight is 207 g/mol. The normalized spacial score (nSPS) is 25.2. The molecule has 2 aliphatic rings. The molecule has 3 rings (SSSR count). The van der Waals surface area contributed by atoms with E-state index in [9.17, 15) is 4.79 Å². The van der Waals surface area contributed by atoms with Crippen molar-refractivity contribution >= 4 is 0 Å². The lowest BCUT2D eigenvalue weighted by atomic mass is 9.99. The summed E-state index contributed by atoms with van der Waals surface area (Å²) in [6, 6.07) is 0.417. The first kappa shape index (κ1) is 9.19. The van der Waals surface area contributed by atoms with Crippen LogP contribution in [0, 0.1) is 5.92 Å².